The minimum absolute atomic E-state index is 0.218. The summed E-state index contributed by atoms with van der Waals surface area (Å²) in [5.74, 6) is -0.956. The van der Waals surface area contributed by atoms with E-state index in [4.69, 9.17) is 4.74 Å². The van der Waals surface area contributed by atoms with Crippen LogP contribution >= 0.6 is 0 Å². The van der Waals surface area contributed by atoms with Gasteiger partial charge in [-0.25, -0.2) is 4.39 Å². The van der Waals surface area contributed by atoms with Gasteiger partial charge in [-0.15, -0.1) is 0 Å². The predicted molar refractivity (Wildman–Crippen MR) is 118 cm³/mol. The lowest BCUT2D eigenvalue weighted by Crippen LogP contribution is -2.34. The summed E-state index contributed by atoms with van der Waals surface area (Å²) in [6, 6.07) is 8.01. The number of aromatic hydroxyl groups is 1. The van der Waals surface area contributed by atoms with Crippen molar-refractivity contribution in [2.24, 2.45) is 5.92 Å². The van der Waals surface area contributed by atoms with Crippen molar-refractivity contribution >= 4 is 16.9 Å². The number of rotatable bonds is 9. The first-order valence-corrected chi connectivity index (χ1v) is 10.7. The lowest BCUT2D eigenvalue weighted by atomic mass is 10.1. The van der Waals surface area contributed by atoms with E-state index < -0.39 is 17.2 Å². The normalized spacial score (nSPS) is 13.4. The third-order valence-corrected chi connectivity index (χ3v) is 5.63. The monoisotopic (exact) mass is 439 g/mol. The van der Waals surface area contributed by atoms with E-state index in [1.807, 2.05) is 6.07 Å². The van der Waals surface area contributed by atoms with Gasteiger partial charge >= 0.3 is 0 Å². The molecule has 8 heteroatoms. The van der Waals surface area contributed by atoms with Gasteiger partial charge in [0.05, 0.1) is 5.52 Å². The van der Waals surface area contributed by atoms with Gasteiger partial charge in [0.1, 0.15) is 16.9 Å². The molecule has 0 radical (unpaired) electrons. The maximum atomic E-state index is 13.3. The van der Waals surface area contributed by atoms with Crippen molar-refractivity contribution in [2.45, 2.75) is 32.2 Å². The molecule has 2 heterocycles. The Balaban J connectivity index is 1.72. The van der Waals surface area contributed by atoms with Crippen LogP contribution in [-0.2, 0) is 17.7 Å². The van der Waals surface area contributed by atoms with Crippen LogP contribution in [0, 0.1) is 11.7 Å². The highest BCUT2D eigenvalue weighted by molar-refractivity contribution is 6.01. The number of nitrogens with one attached hydrogen (secondary N) is 1. The number of methoxy groups -OCH3 is 1. The number of hydrogen-bond donors (Lipinski definition) is 2. The van der Waals surface area contributed by atoms with E-state index in [9.17, 15) is 19.1 Å². The number of halogens is 1. The number of aromatic nitrogens is 2. The van der Waals surface area contributed by atoms with Crippen molar-refractivity contribution in [3.63, 3.8) is 0 Å². The molecule has 1 fully saturated rings. The minimum Gasteiger partial charge on any atom is -0.505 e. The number of pyridine rings is 2. The van der Waals surface area contributed by atoms with E-state index in [-0.39, 0.29) is 16.9 Å². The Morgan fingerprint density at radius 2 is 2.03 bits per heavy atom. The molecule has 7 nitrogen and oxygen atoms in total. The van der Waals surface area contributed by atoms with Gasteiger partial charge in [-0.1, -0.05) is 12.1 Å². The fourth-order valence-corrected chi connectivity index (χ4v) is 3.73. The molecule has 1 aromatic carbocycles. The standard InChI is InChI=1S/C24H26FN3O4/c1-32-10-2-9-26-23(30)20-22(29)21-19(28(24(20)31)14-16-3-4-16)12-17(13-27-21)11-15-5-7-18(25)8-6-15/h5-8,12-13,16,29H,2-4,9-11,14H2,1H3,(H,26,30). The van der Waals surface area contributed by atoms with Crippen LogP contribution in [0.15, 0.2) is 41.3 Å². The summed E-state index contributed by atoms with van der Waals surface area (Å²) in [5, 5.41) is 13.5. The lowest BCUT2D eigenvalue weighted by Gasteiger charge is -2.15. The fourth-order valence-electron chi connectivity index (χ4n) is 3.73. The third-order valence-electron chi connectivity index (χ3n) is 5.63. The molecule has 3 aromatic rings. The smallest absolute Gasteiger partial charge is 0.267 e. The topological polar surface area (TPSA) is 93.4 Å². The van der Waals surface area contributed by atoms with Gasteiger partial charge in [0.15, 0.2) is 5.75 Å². The Kier molecular flexibility index (Phi) is 6.50. The second kappa shape index (κ2) is 9.48. The van der Waals surface area contributed by atoms with Crippen LogP contribution in [0.4, 0.5) is 4.39 Å². The van der Waals surface area contributed by atoms with Gasteiger partial charge < -0.3 is 19.7 Å². The summed E-state index contributed by atoms with van der Waals surface area (Å²) in [5.41, 5.74) is 1.63. The molecule has 0 spiro atoms. The van der Waals surface area contributed by atoms with Gasteiger partial charge in [-0.3, -0.25) is 14.6 Å². The number of amides is 1. The average molecular weight is 439 g/mol. The first-order valence-electron chi connectivity index (χ1n) is 10.7. The molecule has 168 valence electrons. The average Bonchev–Trinajstić information content (AvgIpc) is 3.60. The summed E-state index contributed by atoms with van der Waals surface area (Å²) in [6.45, 7) is 1.28. The van der Waals surface area contributed by atoms with Crippen LogP contribution in [0.5, 0.6) is 5.75 Å². The zero-order valence-electron chi connectivity index (χ0n) is 17.9. The maximum absolute atomic E-state index is 13.3. The molecule has 4 rings (SSSR count). The Labute approximate surface area is 184 Å². The molecule has 32 heavy (non-hydrogen) atoms. The second-order valence-corrected chi connectivity index (χ2v) is 8.20. The van der Waals surface area contributed by atoms with E-state index in [1.165, 1.54) is 12.1 Å². The molecule has 1 aliphatic carbocycles. The SMILES string of the molecule is COCCCNC(=O)c1c(O)c2ncc(Cc3ccc(F)cc3)cc2n(CC2CC2)c1=O. The molecular formula is C24H26FN3O4. The number of nitrogens with zero attached hydrogens (tertiary/aromatic N) is 2. The number of carbonyl (C=O) groups excluding carboxylic acids is 1. The molecule has 1 amide bonds. The fraction of sp³-hybridized carbons (Fsp3) is 0.375. The number of fused-ring (bicyclic) bond motifs is 1. The zero-order chi connectivity index (χ0) is 22.7. The summed E-state index contributed by atoms with van der Waals surface area (Å²) < 4.78 is 19.7. The van der Waals surface area contributed by atoms with Crippen LogP contribution in [0.2, 0.25) is 0 Å². The predicted octanol–water partition coefficient (Wildman–Crippen LogP) is 3.01. The van der Waals surface area contributed by atoms with E-state index in [0.717, 1.165) is 24.0 Å². The number of carbonyl (C=O) groups is 1. The van der Waals surface area contributed by atoms with Crippen LogP contribution in [0.25, 0.3) is 11.0 Å². The highest BCUT2D eigenvalue weighted by Crippen LogP contribution is 2.33. The molecular weight excluding hydrogens is 413 g/mol. The highest BCUT2D eigenvalue weighted by atomic mass is 19.1. The molecule has 0 aliphatic heterocycles. The molecule has 2 aromatic heterocycles. The molecule has 2 N–H and O–H groups in total. The van der Waals surface area contributed by atoms with E-state index in [2.05, 4.69) is 10.3 Å². The van der Waals surface area contributed by atoms with Crippen LogP contribution < -0.4 is 10.9 Å². The van der Waals surface area contributed by atoms with Crippen molar-refractivity contribution in [1.82, 2.24) is 14.9 Å². The van der Waals surface area contributed by atoms with Crippen molar-refractivity contribution in [2.75, 3.05) is 20.3 Å². The first kappa shape index (κ1) is 22.0. The number of benzene rings is 1. The maximum Gasteiger partial charge on any atom is 0.267 e. The van der Waals surface area contributed by atoms with Gasteiger partial charge in [0.2, 0.25) is 0 Å². The minimum atomic E-state index is -0.618. The quantitative estimate of drug-likeness (QED) is 0.500. The second-order valence-electron chi connectivity index (χ2n) is 8.20. The van der Waals surface area contributed by atoms with Crippen molar-refractivity contribution in [3.8, 4) is 5.75 Å². The number of ether oxygens (including phenoxy) is 1. The number of hydrogen-bond acceptors (Lipinski definition) is 5. The molecule has 1 saturated carbocycles. The van der Waals surface area contributed by atoms with Gasteiger partial charge in [-0.2, -0.15) is 0 Å². The first-order chi connectivity index (χ1) is 15.5. The summed E-state index contributed by atoms with van der Waals surface area (Å²) >= 11 is 0. The lowest BCUT2D eigenvalue weighted by molar-refractivity contribution is 0.0944. The van der Waals surface area contributed by atoms with Crippen molar-refractivity contribution in [1.29, 1.82) is 0 Å². The van der Waals surface area contributed by atoms with Crippen molar-refractivity contribution in [3.05, 3.63) is 69.4 Å². The van der Waals surface area contributed by atoms with Gasteiger partial charge in [-0.05, 0) is 60.9 Å². The summed E-state index contributed by atoms with van der Waals surface area (Å²) in [7, 11) is 1.57. The molecule has 0 atom stereocenters. The van der Waals surface area contributed by atoms with Gasteiger partial charge in [0.25, 0.3) is 11.5 Å². The zero-order valence-corrected chi connectivity index (χ0v) is 17.9. The molecule has 0 unspecified atom stereocenters. The molecule has 0 bridgehead atoms. The Bertz CT molecular complexity index is 1190. The Morgan fingerprint density at radius 3 is 2.72 bits per heavy atom. The molecule has 1 aliphatic rings. The van der Waals surface area contributed by atoms with E-state index in [0.29, 0.717) is 44.0 Å². The van der Waals surface area contributed by atoms with Crippen LogP contribution in [0.3, 0.4) is 0 Å². The van der Waals surface area contributed by atoms with E-state index in [1.54, 1.807) is 30.0 Å². The Hall–Kier alpha value is -3.26. The van der Waals surface area contributed by atoms with Gasteiger partial charge in [0, 0.05) is 33.0 Å². The van der Waals surface area contributed by atoms with E-state index >= 15 is 0 Å². The molecule has 0 saturated heterocycles. The Morgan fingerprint density at radius 1 is 1.28 bits per heavy atom. The third kappa shape index (κ3) is 4.80. The van der Waals surface area contributed by atoms with Crippen LogP contribution in [0.1, 0.15) is 40.7 Å². The summed E-state index contributed by atoms with van der Waals surface area (Å²) in [4.78, 5) is 30.3. The largest absolute Gasteiger partial charge is 0.505 e. The van der Waals surface area contributed by atoms with Crippen LogP contribution in [-0.4, -0.2) is 40.8 Å². The highest BCUT2D eigenvalue weighted by Gasteiger charge is 2.27. The summed E-state index contributed by atoms with van der Waals surface area (Å²) in [6.07, 6.45) is 4.75. The van der Waals surface area contributed by atoms with Crippen molar-refractivity contribution < 1.29 is 19.0 Å².